The summed E-state index contributed by atoms with van der Waals surface area (Å²) in [7, 11) is 0. The summed E-state index contributed by atoms with van der Waals surface area (Å²) in [5.41, 5.74) is -0.597. The zero-order valence-corrected chi connectivity index (χ0v) is 12.6. The first-order valence-electron chi connectivity index (χ1n) is 6.68. The van der Waals surface area contributed by atoms with Gasteiger partial charge in [0.25, 0.3) is 5.56 Å². The molecule has 2 rings (SSSR count). The van der Waals surface area contributed by atoms with E-state index in [2.05, 4.69) is 4.98 Å². The minimum absolute atomic E-state index is 0.0728. The molecule has 0 aliphatic rings. The molecule has 6 heteroatoms. The van der Waals surface area contributed by atoms with E-state index in [1.165, 1.54) is 18.2 Å². The van der Waals surface area contributed by atoms with Crippen LogP contribution in [0.4, 0.5) is 4.39 Å². The number of hydrogen-bond donors (Lipinski definition) is 1. The third-order valence-electron chi connectivity index (χ3n) is 3.18. The standard InChI is InChI=1S/C15H16ClFN2O2/c1-9(2)6-7-19-14(20)12(13(16)18-15(19)21)10-4-3-5-11(17)8-10/h3-5,8-9H,6-7H2,1-2H3,(H,18,21). The van der Waals surface area contributed by atoms with Gasteiger partial charge in [-0.2, -0.15) is 0 Å². The highest BCUT2D eigenvalue weighted by Gasteiger charge is 2.15. The van der Waals surface area contributed by atoms with E-state index >= 15 is 0 Å². The Hall–Kier alpha value is -1.88. The van der Waals surface area contributed by atoms with Gasteiger partial charge in [-0.05, 0) is 30.0 Å². The van der Waals surface area contributed by atoms with Crippen LogP contribution in [0.5, 0.6) is 0 Å². The van der Waals surface area contributed by atoms with Crippen LogP contribution in [0.15, 0.2) is 33.9 Å². The molecule has 21 heavy (non-hydrogen) atoms. The number of nitrogens with zero attached hydrogens (tertiary/aromatic N) is 1. The van der Waals surface area contributed by atoms with Gasteiger partial charge in [-0.3, -0.25) is 14.3 Å². The second kappa shape index (κ2) is 6.26. The summed E-state index contributed by atoms with van der Waals surface area (Å²) in [6.45, 7) is 4.30. The molecule has 0 radical (unpaired) electrons. The highest BCUT2D eigenvalue weighted by atomic mass is 35.5. The van der Waals surface area contributed by atoms with Gasteiger partial charge in [-0.25, -0.2) is 9.18 Å². The predicted molar refractivity (Wildman–Crippen MR) is 81.2 cm³/mol. The van der Waals surface area contributed by atoms with Crippen LogP contribution in [-0.2, 0) is 6.54 Å². The van der Waals surface area contributed by atoms with E-state index in [9.17, 15) is 14.0 Å². The van der Waals surface area contributed by atoms with Crippen molar-refractivity contribution in [3.63, 3.8) is 0 Å². The molecule has 0 aliphatic carbocycles. The van der Waals surface area contributed by atoms with Gasteiger partial charge in [-0.15, -0.1) is 0 Å². The van der Waals surface area contributed by atoms with Gasteiger partial charge in [0.2, 0.25) is 0 Å². The number of halogens is 2. The Kier molecular flexibility index (Phi) is 4.63. The maximum Gasteiger partial charge on any atom is 0.329 e. The van der Waals surface area contributed by atoms with E-state index in [1.807, 2.05) is 13.8 Å². The molecule has 0 fully saturated rings. The van der Waals surface area contributed by atoms with Gasteiger partial charge in [0, 0.05) is 6.54 Å². The Morgan fingerprint density at radius 1 is 1.33 bits per heavy atom. The number of H-pyrrole nitrogens is 1. The highest BCUT2D eigenvalue weighted by molar-refractivity contribution is 6.32. The van der Waals surface area contributed by atoms with E-state index in [0.29, 0.717) is 24.4 Å². The minimum Gasteiger partial charge on any atom is -0.297 e. The van der Waals surface area contributed by atoms with Crippen molar-refractivity contribution in [2.24, 2.45) is 5.92 Å². The molecule has 0 saturated heterocycles. The van der Waals surface area contributed by atoms with Crippen LogP contribution in [-0.4, -0.2) is 9.55 Å². The highest BCUT2D eigenvalue weighted by Crippen LogP contribution is 2.22. The molecule has 4 nitrogen and oxygen atoms in total. The van der Waals surface area contributed by atoms with E-state index in [-0.39, 0.29) is 10.7 Å². The minimum atomic E-state index is -0.550. The summed E-state index contributed by atoms with van der Waals surface area (Å²) >= 11 is 5.97. The smallest absolute Gasteiger partial charge is 0.297 e. The lowest BCUT2D eigenvalue weighted by Crippen LogP contribution is -2.36. The molecule has 1 heterocycles. The molecular formula is C15H16ClFN2O2. The maximum absolute atomic E-state index is 13.3. The first-order valence-corrected chi connectivity index (χ1v) is 7.06. The average Bonchev–Trinajstić information content (AvgIpc) is 2.37. The van der Waals surface area contributed by atoms with Gasteiger partial charge >= 0.3 is 5.69 Å². The molecule has 0 saturated carbocycles. The predicted octanol–water partition coefficient (Wildman–Crippen LogP) is 3.04. The number of rotatable bonds is 4. The third kappa shape index (κ3) is 3.42. The number of benzene rings is 1. The Bertz CT molecular complexity index is 765. The molecule has 1 aromatic heterocycles. The second-order valence-electron chi connectivity index (χ2n) is 5.27. The summed E-state index contributed by atoms with van der Waals surface area (Å²) < 4.78 is 14.4. The van der Waals surface area contributed by atoms with Crippen molar-refractivity contribution < 1.29 is 4.39 Å². The molecule has 2 aromatic rings. The van der Waals surface area contributed by atoms with Crippen molar-refractivity contribution in [3.05, 3.63) is 56.1 Å². The normalized spacial score (nSPS) is 11.1. The Morgan fingerprint density at radius 3 is 2.67 bits per heavy atom. The van der Waals surface area contributed by atoms with Crippen molar-refractivity contribution in [3.8, 4) is 11.1 Å². The molecule has 0 aliphatic heterocycles. The fraction of sp³-hybridized carbons (Fsp3) is 0.333. The number of hydrogen-bond acceptors (Lipinski definition) is 2. The zero-order valence-electron chi connectivity index (χ0n) is 11.8. The van der Waals surface area contributed by atoms with Gasteiger partial charge in [-0.1, -0.05) is 37.6 Å². The molecule has 0 amide bonds. The lowest BCUT2D eigenvalue weighted by Gasteiger charge is -2.10. The van der Waals surface area contributed by atoms with Gasteiger partial charge in [0.1, 0.15) is 11.0 Å². The van der Waals surface area contributed by atoms with Crippen LogP contribution < -0.4 is 11.2 Å². The molecule has 112 valence electrons. The zero-order chi connectivity index (χ0) is 15.6. The number of aromatic nitrogens is 2. The third-order valence-corrected chi connectivity index (χ3v) is 3.47. The molecule has 1 aromatic carbocycles. The molecule has 0 unspecified atom stereocenters. The molecule has 1 N–H and O–H groups in total. The summed E-state index contributed by atoms with van der Waals surface area (Å²) in [5.74, 6) is -0.118. The van der Waals surface area contributed by atoms with Crippen LogP contribution in [0.3, 0.4) is 0 Å². The van der Waals surface area contributed by atoms with Crippen LogP contribution in [0.1, 0.15) is 20.3 Å². The van der Waals surface area contributed by atoms with Crippen molar-refractivity contribution >= 4 is 11.6 Å². The fourth-order valence-corrected chi connectivity index (χ4v) is 2.30. The van der Waals surface area contributed by atoms with Gasteiger partial charge < -0.3 is 0 Å². The van der Waals surface area contributed by atoms with Gasteiger partial charge in [0.15, 0.2) is 0 Å². The van der Waals surface area contributed by atoms with Crippen molar-refractivity contribution in [1.82, 2.24) is 9.55 Å². The summed E-state index contributed by atoms with van der Waals surface area (Å²) in [4.78, 5) is 26.8. The summed E-state index contributed by atoms with van der Waals surface area (Å²) in [6.07, 6.45) is 0.688. The maximum atomic E-state index is 13.3. The van der Waals surface area contributed by atoms with Crippen molar-refractivity contribution in [2.45, 2.75) is 26.8 Å². The average molecular weight is 311 g/mol. The fourth-order valence-electron chi connectivity index (χ4n) is 2.03. The Morgan fingerprint density at radius 2 is 2.05 bits per heavy atom. The van der Waals surface area contributed by atoms with Crippen LogP contribution >= 0.6 is 11.6 Å². The molecule has 0 bridgehead atoms. The summed E-state index contributed by atoms with van der Waals surface area (Å²) in [6, 6.07) is 5.56. The van der Waals surface area contributed by atoms with Crippen molar-refractivity contribution in [2.75, 3.05) is 0 Å². The lowest BCUT2D eigenvalue weighted by atomic mass is 10.1. The van der Waals surface area contributed by atoms with E-state index in [1.54, 1.807) is 6.07 Å². The Labute approximate surface area is 126 Å². The van der Waals surface area contributed by atoms with Crippen LogP contribution in [0.2, 0.25) is 5.15 Å². The first-order chi connectivity index (χ1) is 9.90. The van der Waals surface area contributed by atoms with Crippen molar-refractivity contribution in [1.29, 1.82) is 0 Å². The first kappa shape index (κ1) is 15.5. The molecule has 0 atom stereocenters. The van der Waals surface area contributed by atoms with Gasteiger partial charge in [0.05, 0.1) is 5.56 Å². The molecular weight excluding hydrogens is 295 g/mol. The largest absolute Gasteiger partial charge is 0.329 e. The SMILES string of the molecule is CC(C)CCn1c(=O)[nH]c(Cl)c(-c2cccc(F)c2)c1=O. The van der Waals surface area contributed by atoms with Crippen LogP contribution in [0.25, 0.3) is 11.1 Å². The monoisotopic (exact) mass is 310 g/mol. The Balaban J connectivity index is 2.59. The van der Waals surface area contributed by atoms with E-state index in [0.717, 1.165) is 4.57 Å². The van der Waals surface area contributed by atoms with Crippen LogP contribution in [0, 0.1) is 11.7 Å². The number of nitrogens with one attached hydrogen (secondary N) is 1. The van der Waals surface area contributed by atoms with E-state index in [4.69, 9.17) is 11.6 Å². The second-order valence-corrected chi connectivity index (χ2v) is 5.65. The lowest BCUT2D eigenvalue weighted by molar-refractivity contribution is 0.495. The summed E-state index contributed by atoms with van der Waals surface area (Å²) in [5, 5.41) is -0.0728. The number of aromatic amines is 1. The molecule has 0 spiro atoms. The quantitative estimate of drug-likeness (QED) is 0.882. The van der Waals surface area contributed by atoms with E-state index < -0.39 is 17.1 Å². The topological polar surface area (TPSA) is 54.9 Å².